The van der Waals surface area contributed by atoms with Gasteiger partial charge < -0.3 is 4.74 Å². The Kier molecular flexibility index (Phi) is 2.12. The minimum atomic E-state index is -0.786. The lowest BCUT2D eigenvalue weighted by Gasteiger charge is -2.20. The molecule has 1 aromatic rings. The Morgan fingerprint density at radius 3 is 2.67 bits per heavy atom. The van der Waals surface area contributed by atoms with E-state index in [-0.39, 0.29) is 5.97 Å². The van der Waals surface area contributed by atoms with Gasteiger partial charge in [-0.3, -0.25) is 0 Å². The van der Waals surface area contributed by atoms with Crippen LogP contribution in [0.15, 0.2) is 12.7 Å². The van der Waals surface area contributed by atoms with Gasteiger partial charge in [0.1, 0.15) is 12.7 Å². The molecule has 1 rings (SSSR count). The topological polar surface area (TPSA) is 57.0 Å². The molecule has 0 fully saturated rings. The molecule has 0 amide bonds. The molecule has 66 valence electrons. The number of methoxy groups -OCH3 is 1. The molecule has 0 aliphatic rings. The van der Waals surface area contributed by atoms with Crippen LogP contribution >= 0.6 is 0 Å². The molecule has 1 aromatic heterocycles. The van der Waals surface area contributed by atoms with Crippen molar-refractivity contribution in [2.24, 2.45) is 0 Å². The van der Waals surface area contributed by atoms with Crippen LogP contribution in [0.1, 0.15) is 13.8 Å². The van der Waals surface area contributed by atoms with Gasteiger partial charge in [-0.15, -0.1) is 0 Å². The fraction of sp³-hybridized carbons (Fsp3) is 0.571. The Balaban J connectivity index is 2.93. The highest BCUT2D eigenvalue weighted by atomic mass is 16.5. The lowest BCUT2D eigenvalue weighted by Crippen LogP contribution is -2.37. The van der Waals surface area contributed by atoms with Gasteiger partial charge >= 0.3 is 5.97 Å². The highest BCUT2D eigenvalue weighted by Gasteiger charge is 2.31. The maximum Gasteiger partial charge on any atom is 0.333 e. The van der Waals surface area contributed by atoms with Crippen molar-refractivity contribution in [3.63, 3.8) is 0 Å². The Morgan fingerprint density at radius 2 is 2.25 bits per heavy atom. The van der Waals surface area contributed by atoms with Crippen LogP contribution < -0.4 is 0 Å². The molecule has 0 N–H and O–H groups in total. The molecule has 5 heteroatoms. The minimum Gasteiger partial charge on any atom is -0.467 e. The van der Waals surface area contributed by atoms with Crippen LogP contribution in [0.3, 0.4) is 0 Å². The fourth-order valence-corrected chi connectivity index (χ4v) is 0.840. The van der Waals surface area contributed by atoms with Crippen molar-refractivity contribution < 1.29 is 9.53 Å². The van der Waals surface area contributed by atoms with Crippen LogP contribution in [-0.4, -0.2) is 27.8 Å². The largest absolute Gasteiger partial charge is 0.467 e. The summed E-state index contributed by atoms with van der Waals surface area (Å²) >= 11 is 0. The third kappa shape index (κ3) is 1.30. The Hall–Kier alpha value is -1.39. The Morgan fingerprint density at radius 1 is 1.58 bits per heavy atom. The first kappa shape index (κ1) is 8.70. The minimum absolute atomic E-state index is 0.340. The number of carbonyl (C=O) groups excluding carboxylic acids is 1. The van der Waals surface area contributed by atoms with Crippen molar-refractivity contribution in [1.29, 1.82) is 0 Å². The molecule has 1 heterocycles. The summed E-state index contributed by atoms with van der Waals surface area (Å²) in [7, 11) is 1.35. The molecule has 0 radical (unpaired) electrons. The molecule has 5 nitrogen and oxygen atoms in total. The lowest BCUT2D eigenvalue weighted by atomic mass is 10.1. The van der Waals surface area contributed by atoms with Crippen LogP contribution in [-0.2, 0) is 15.1 Å². The van der Waals surface area contributed by atoms with E-state index in [1.54, 1.807) is 13.8 Å². The van der Waals surface area contributed by atoms with Crippen LogP contribution in [0.5, 0.6) is 0 Å². The molecule has 12 heavy (non-hydrogen) atoms. The zero-order valence-corrected chi connectivity index (χ0v) is 7.31. The van der Waals surface area contributed by atoms with Gasteiger partial charge in [0.2, 0.25) is 0 Å². The predicted octanol–water partition coefficient (Wildman–Crippen LogP) is 0.186. The summed E-state index contributed by atoms with van der Waals surface area (Å²) in [6.45, 7) is 3.43. The van der Waals surface area contributed by atoms with Gasteiger partial charge in [-0.2, -0.15) is 5.10 Å². The average Bonchev–Trinajstić information content (AvgIpc) is 2.55. The Bertz CT molecular complexity index is 266. The van der Waals surface area contributed by atoms with Crippen molar-refractivity contribution in [2.75, 3.05) is 7.11 Å². The van der Waals surface area contributed by atoms with E-state index in [1.165, 1.54) is 24.4 Å². The molecule has 0 bridgehead atoms. The number of hydrogen-bond donors (Lipinski definition) is 0. The molecule has 0 saturated heterocycles. The molecule has 0 aliphatic carbocycles. The monoisotopic (exact) mass is 169 g/mol. The fourth-order valence-electron chi connectivity index (χ4n) is 0.840. The standard InChI is InChI=1S/C7H11N3O2/c1-7(2,6(11)12-3)10-5-8-4-9-10/h4-5H,1-3H3. The normalized spacial score (nSPS) is 11.2. The van der Waals surface area contributed by atoms with Gasteiger partial charge in [-0.25, -0.2) is 14.5 Å². The number of aromatic nitrogens is 3. The summed E-state index contributed by atoms with van der Waals surface area (Å²) in [6, 6.07) is 0. The highest BCUT2D eigenvalue weighted by molar-refractivity contribution is 5.77. The van der Waals surface area contributed by atoms with E-state index in [4.69, 9.17) is 0 Å². The van der Waals surface area contributed by atoms with Gasteiger partial charge in [-0.1, -0.05) is 0 Å². The summed E-state index contributed by atoms with van der Waals surface area (Å²) in [6.07, 6.45) is 2.86. The zero-order valence-electron chi connectivity index (χ0n) is 7.31. The van der Waals surface area contributed by atoms with E-state index in [0.717, 1.165) is 0 Å². The first-order valence-electron chi connectivity index (χ1n) is 3.52. The van der Waals surface area contributed by atoms with E-state index in [1.807, 2.05) is 0 Å². The van der Waals surface area contributed by atoms with E-state index in [9.17, 15) is 4.79 Å². The molecule has 0 aliphatic heterocycles. The van der Waals surface area contributed by atoms with E-state index in [0.29, 0.717) is 0 Å². The number of nitrogens with zero attached hydrogens (tertiary/aromatic N) is 3. The molecule has 0 saturated carbocycles. The third-order valence-corrected chi connectivity index (χ3v) is 1.68. The number of rotatable bonds is 2. The first-order chi connectivity index (χ1) is 5.59. The van der Waals surface area contributed by atoms with Crippen LogP contribution in [0.25, 0.3) is 0 Å². The van der Waals surface area contributed by atoms with Gasteiger partial charge in [-0.05, 0) is 13.8 Å². The second-order valence-electron chi connectivity index (χ2n) is 2.89. The number of hydrogen-bond acceptors (Lipinski definition) is 4. The maximum absolute atomic E-state index is 11.2. The van der Waals surface area contributed by atoms with Crippen LogP contribution in [0.4, 0.5) is 0 Å². The lowest BCUT2D eigenvalue weighted by molar-refractivity contribution is -0.150. The Labute approximate surface area is 70.4 Å². The number of carbonyl (C=O) groups is 1. The summed E-state index contributed by atoms with van der Waals surface area (Å²) < 4.78 is 6.07. The maximum atomic E-state index is 11.2. The number of esters is 1. The van der Waals surface area contributed by atoms with Crippen molar-refractivity contribution in [3.05, 3.63) is 12.7 Å². The van der Waals surface area contributed by atoms with E-state index < -0.39 is 5.54 Å². The van der Waals surface area contributed by atoms with Gasteiger partial charge in [0.25, 0.3) is 0 Å². The summed E-state index contributed by atoms with van der Waals surface area (Å²) in [5.41, 5.74) is -0.786. The number of ether oxygens (including phenoxy) is 1. The van der Waals surface area contributed by atoms with Gasteiger partial charge in [0.15, 0.2) is 5.54 Å². The SMILES string of the molecule is COC(=O)C(C)(C)n1cncn1. The smallest absolute Gasteiger partial charge is 0.333 e. The van der Waals surface area contributed by atoms with Crippen LogP contribution in [0.2, 0.25) is 0 Å². The van der Waals surface area contributed by atoms with Crippen molar-refractivity contribution >= 4 is 5.97 Å². The first-order valence-corrected chi connectivity index (χ1v) is 3.52. The predicted molar refractivity (Wildman–Crippen MR) is 41.4 cm³/mol. The highest BCUT2D eigenvalue weighted by Crippen LogP contribution is 2.13. The third-order valence-electron chi connectivity index (χ3n) is 1.68. The summed E-state index contributed by atoms with van der Waals surface area (Å²) in [5, 5.41) is 3.86. The molecule has 0 aromatic carbocycles. The summed E-state index contributed by atoms with van der Waals surface area (Å²) in [4.78, 5) is 15.0. The van der Waals surface area contributed by atoms with Crippen molar-refractivity contribution in [1.82, 2.24) is 14.8 Å². The molecule has 0 atom stereocenters. The van der Waals surface area contributed by atoms with Crippen molar-refractivity contribution in [3.8, 4) is 0 Å². The zero-order chi connectivity index (χ0) is 9.19. The average molecular weight is 169 g/mol. The quantitative estimate of drug-likeness (QED) is 0.593. The van der Waals surface area contributed by atoms with Gasteiger partial charge in [0.05, 0.1) is 7.11 Å². The molecule has 0 spiro atoms. The second kappa shape index (κ2) is 2.92. The van der Waals surface area contributed by atoms with E-state index in [2.05, 4.69) is 14.8 Å². The molecular formula is C7H11N3O2. The van der Waals surface area contributed by atoms with Crippen LogP contribution in [0, 0.1) is 0 Å². The van der Waals surface area contributed by atoms with Crippen molar-refractivity contribution in [2.45, 2.75) is 19.4 Å². The van der Waals surface area contributed by atoms with E-state index >= 15 is 0 Å². The second-order valence-corrected chi connectivity index (χ2v) is 2.89. The molecular weight excluding hydrogens is 158 g/mol. The summed E-state index contributed by atoms with van der Waals surface area (Å²) in [5.74, 6) is -0.340. The van der Waals surface area contributed by atoms with Gasteiger partial charge in [0, 0.05) is 0 Å². The molecule has 0 unspecified atom stereocenters.